The highest BCUT2D eigenvalue weighted by Crippen LogP contribution is 2.21. The molecule has 18 heavy (non-hydrogen) atoms. The molecule has 1 heterocycles. The number of nitrogens with zero attached hydrogens (tertiary/aromatic N) is 1. The van der Waals surface area contributed by atoms with Crippen molar-refractivity contribution in [1.29, 1.82) is 0 Å². The predicted molar refractivity (Wildman–Crippen MR) is 76.4 cm³/mol. The van der Waals surface area contributed by atoms with Crippen LogP contribution in [-0.2, 0) is 0 Å². The van der Waals surface area contributed by atoms with E-state index in [1.165, 1.54) is 5.56 Å². The molecule has 3 nitrogen and oxygen atoms in total. The number of hydrogen-bond donors (Lipinski definition) is 2. The minimum Gasteiger partial charge on any atom is -0.329 e. The Kier molecular flexibility index (Phi) is 4.45. The fourth-order valence-electron chi connectivity index (χ4n) is 2.09. The zero-order valence-corrected chi connectivity index (χ0v) is 10.5. The van der Waals surface area contributed by atoms with Gasteiger partial charge in [0.1, 0.15) is 0 Å². The fourth-order valence-corrected chi connectivity index (χ4v) is 2.09. The third-order valence-corrected chi connectivity index (χ3v) is 3.01. The molecule has 0 radical (unpaired) electrons. The number of para-hydroxylation sites is 1. The predicted octanol–water partition coefficient (Wildman–Crippen LogP) is 2.40. The lowest BCUT2D eigenvalue weighted by molar-refractivity contribution is 0.551. The highest BCUT2D eigenvalue weighted by molar-refractivity contribution is 5.82. The van der Waals surface area contributed by atoms with Gasteiger partial charge in [0.2, 0.25) is 0 Å². The quantitative estimate of drug-likeness (QED) is 0.603. The van der Waals surface area contributed by atoms with E-state index in [1.54, 1.807) is 0 Å². The van der Waals surface area contributed by atoms with Crippen LogP contribution in [0.25, 0.3) is 10.9 Å². The molecule has 1 aromatic heterocycles. The van der Waals surface area contributed by atoms with Crippen molar-refractivity contribution in [3.05, 3.63) is 54.7 Å². The molecular weight excluding hydrogens is 222 g/mol. The molecule has 0 fully saturated rings. The van der Waals surface area contributed by atoms with Crippen LogP contribution >= 0.6 is 0 Å². The van der Waals surface area contributed by atoms with Gasteiger partial charge in [0, 0.05) is 24.2 Å². The Bertz CT molecular complexity index is 517. The maximum atomic E-state index is 5.86. The third-order valence-electron chi connectivity index (χ3n) is 3.01. The maximum absolute atomic E-state index is 5.86. The molecule has 2 rings (SSSR count). The van der Waals surface area contributed by atoms with Crippen LogP contribution < -0.4 is 11.1 Å². The second kappa shape index (κ2) is 6.28. The summed E-state index contributed by atoms with van der Waals surface area (Å²) in [7, 11) is 0. The summed E-state index contributed by atoms with van der Waals surface area (Å²) in [5.74, 6) is 0. The van der Waals surface area contributed by atoms with E-state index in [4.69, 9.17) is 5.73 Å². The lowest BCUT2D eigenvalue weighted by Crippen LogP contribution is -2.29. The molecule has 3 N–H and O–H groups in total. The summed E-state index contributed by atoms with van der Waals surface area (Å²) in [5, 5.41) is 4.59. The minimum atomic E-state index is 0.142. The standard InChI is InChI=1S/C15H19N3/c1-2-3-9-17-14(11-16)13-8-4-6-12-7-5-10-18-15(12)13/h2,4-8,10,14,17H,1,3,9,11,16H2. The minimum absolute atomic E-state index is 0.142. The van der Waals surface area contributed by atoms with E-state index < -0.39 is 0 Å². The molecular formula is C15H19N3. The highest BCUT2D eigenvalue weighted by atomic mass is 14.9. The normalized spacial score (nSPS) is 12.5. The van der Waals surface area contributed by atoms with E-state index in [9.17, 15) is 0 Å². The summed E-state index contributed by atoms with van der Waals surface area (Å²) in [6, 6.07) is 10.4. The van der Waals surface area contributed by atoms with Crippen molar-refractivity contribution >= 4 is 10.9 Å². The van der Waals surface area contributed by atoms with Gasteiger partial charge in [-0.05, 0) is 24.6 Å². The summed E-state index contributed by atoms with van der Waals surface area (Å²) < 4.78 is 0. The van der Waals surface area contributed by atoms with Crippen molar-refractivity contribution in [2.24, 2.45) is 5.73 Å². The van der Waals surface area contributed by atoms with Crippen molar-refractivity contribution < 1.29 is 0 Å². The van der Waals surface area contributed by atoms with Gasteiger partial charge < -0.3 is 11.1 Å². The third kappa shape index (κ3) is 2.75. The number of rotatable bonds is 6. The molecule has 1 aromatic carbocycles. The molecule has 1 atom stereocenters. The summed E-state index contributed by atoms with van der Waals surface area (Å²) in [6.07, 6.45) is 4.67. The molecule has 0 aliphatic rings. The molecule has 1 unspecified atom stereocenters. The summed E-state index contributed by atoms with van der Waals surface area (Å²) >= 11 is 0. The Labute approximate surface area is 108 Å². The second-order valence-corrected chi connectivity index (χ2v) is 4.24. The van der Waals surface area contributed by atoms with Gasteiger partial charge in [-0.2, -0.15) is 0 Å². The van der Waals surface area contributed by atoms with Crippen molar-refractivity contribution in [3.63, 3.8) is 0 Å². The van der Waals surface area contributed by atoms with Gasteiger partial charge in [-0.25, -0.2) is 0 Å². The van der Waals surface area contributed by atoms with Crippen LogP contribution in [0.5, 0.6) is 0 Å². The summed E-state index contributed by atoms with van der Waals surface area (Å²) in [5.41, 5.74) is 8.06. The average Bonchev–Trinajstić information content (AvgIpc) is 2.43. The van der Waals surface area contributed by atoms with E-state index in [2.05, 4.69) is 41.1 Å². The number of nitrogens with two attached hydrogens (primary N) is 1. The lowest BCUT2D eigenvalue weighted by atomic mass is 10.0. The average molecular weight is 241 g/mol. The van der Waals surface area contributed by atoms with Gasteiger partial charge in [-0.15, -0.1) is 6.58 Å². The molecule has 0 spiro atoms. The molecule has 3 heteroatoms. The van der Waals surface area contributed by atoms with Gasteiger partial charge in [-0.1, -0.05) is 30.3 Å². The lowest BCUT2D eigenvalue weighted by Gasteiger charge is -2.18. The Morgan fingerprint density at radius 1 is 1.33 bits per heavy atom. The first-order valence-electron chi connectivity index (χ1n) is 6.25. The van der Waals surface area contributed by atoms with Crippen molar-refractivity contribution in [2.75, 3.05) is 13.1 Å². The molecule has 0 aliphatic heterocycles. The van der Waals surface area contributed by atoms with Crippen LogP contribution in [0.4, 0.5) is 0 Å². The number of benzene rings is 1. The first-order valence-corrected chi connectivity index (χ1v) is 6.25. The molecule has 0 aliphatic carbocycles. The molecule has 0 saturated heterocycles. The van der Waals surface area contributed by atoms with Gasteiger partial charge in [-0.3, -0.25) is 4.98 Å². The Morgan fingerprint density at radius 3 is 2.94 bits per heavy atom. The monoisotopic (exact) mass is 241 g/mol. The molecule has 0 bridgehead atoms. The zero-order valence-electron chi connectivity index (χ0n) is 10.5. The molecule has 94 valence electrons. The largest absolute Gasteiger partial charge is 0.329 e. The topological polar surface area (TPSA) is 50.9 Å². The SMILES string of the molecule is C=CCCNC(CN)c1cccc2cccnc12. The van der Waals surface area contributed by atoms with Crippen LogP contribution in [0, 0.1) is 0 Å². The number of nitrogens with one attached hydrogen (secondary N) is 1. The van der Waals surface area contributed by atoms with Crippen LogP contribution in [0.3, 0.4) is 0 Å². The van der Waals surface area contributed by atoms with Crippen LogP contribution in [0.15, 0.2) is 49.2 Å². The summed E-state index contributed by atoms with van der Waals surface area (Å²) in [6.45, 7) is 5.17. The van der Waals surface area contributed by atoms with Crippen molar-refractivity contribution in [3.8, 4) is 0 Å². The second-order valence-electron chi connectivity index (χ2n) is 4.24. The van der Waals surface area contributed by atoms with Gasteiger partial charge in [0.05, 0.1) is 5.52 Å². The van der Waals surface area contributed by atoms with Gasteiger partial charge >= 0.3 is 0 Å². The Morgan fingerprint density at radius 2 is 2.17 bits per heavy atom. The molecule has 0 saturated carbocycles. The van der Waals surface area contributed by atoms with Crippen LogP contribution in [0.2, 0.25) is 0 Å². The molecule has 2 aromatic rings. The van der Waals surface area contributed by atoms with Crippen molar-refractivity contribution in [1.82, 2.24) is 10.3 Å². The number of aromatic nitrogens is 1. The summed E-state index contributed by atoms with van der Waals surface area (Å²) in [4.78, 5) is 4.46. The number of hydrogen-bond acceptors (Lipinski definition) is 3. The van der Waals surface area contributed by atoms with E-state index in [0.717, 1.165) is 23.9 Å². The zero-order chi connectivity index (χ0) is 12.8. The van der Waals surface area contributed by atoms with Gasteiger partial charge in [0.15, 0.2) is 0 Å². The van der Waals surface area contributed by atoms with Crippen LogP contribution in [0.1, 0.15) is 18.0 Å². The molecule has 0 amide bonds. The first kappa shape index (κ1) is 12.7. The smallest absolute Gasteiger partial charge is 0.0750 e. The maximum Gasteiger partial charge on any atom is 0.0750 e. The van der Waals surface area contributed by atoms with Gasteiger partial charge in [0.25, 0.3) is 0 Å². The van der Waals surface area contributed by atoms with E-state index in [0.29, 0.717) is 6.54 Å². The fraction of sp³-hybridized carbons (Fsp3) is 0.267. The first-order chi connectivity index (χ1) is 8.86. The Hall–Kier alpha value is -1.71. The van der Waals surface area contributed by atoms with E-state index >= 15 is 0 Å². The van der Waals surface area contributed by atoms with E-state index in [-0.39, 0.29) is 6.04 Å². The number of pyridine rings is 1. The van der Waals surface area contributed by atoms with Crippen LogP contribution in [-0.4, -0.2) is 18.1 Å². The highest BCUT2D eigenvalue weighted by Gasteiger charge is 2.12. The van der Waals surface area contributed by atoms with Crippen molar-refractivity contribution in [2.45, 2.75) is 12.5 Å². The number of fused-ring (bicyclic) bond motifs is 1. The Balaban J connectivity index is 2.29. The van der Waals surface area contributed by atoms with E-state index in [1.807, 2.05) is 18.3 Å².